The number of sulfonamides is 1. The van der Waals surface area contributed by atoms with E-state index in [4.69, 9.17) is 0 Å². The average molecular weight is 288 g/mol. The minimum absolute atomic E-state index is 0.0796. The molecule has 0 saturated heterocycles. The van der Waals surface area contributed by atoms with E-state index in [0.29, 0.717) is 6.54 Å². The zero-order chi connectivity index (χ0) is 14.5. The SMILES string of the molecule is CCCNC(=O)[C@@H](C)NS(=O)(=O)c1ccc(F)cc1. The van der Waals surface area contributed by atoms with Crippen LogP contribution in [0.2, 0.25) is 0 Å². The van der Waals surface area contributed by atoms with Gasteiger partial charge in [-0.2, -0.15) is 4.72 Å². The molecule has 2 N–H and O–H groups in total. The van der Waals surface area contributed by atoms with Gasteiger partial charge in [-0.25, -0.2) is 12.8 Å². The van der Waals surface area contributed by atoms with E-state index in [1.54, 1.807) is 0 Å². The van der Waals surface area contributed by atoms with Gasteiger partial charge in [0.1, 0.15) is 5.82 Å². The van der Waals surface area contributed by atoms with E-state index in [9.17, 15) is 17.6 Å². The Kier molecular flexibility index (Phi) is 5.44. The Balaban J connectivity index is 2.74. The maximum atomic E-state index is 12.7. The number of hydrogen-bond donors (Lipinski definition) is 2. The van der Waals surface area contributed by atoms with E-state index in [0.717, 1.165) is 30.7 Å². The first kappa shape index (κ1) is 15.6. The zero-order valence-electron chi connectivity index (χ0n) is 10.8. The van der Waals surface area contributed by atoms with Gasteiger partial charge in [0.25, 0.3) is 0 Å². The third-order valence-electron chi connectivity index (χ3n) is 2.40. The van der Waals surface area contributed by atoms with Crippen LogP contribution in [0.5, 0.6) is 0 Å². The first-order chi connectivity index (χ1) is 8.86. The molecule has 106 valence electrons. The lowest BCUT2D eigenvalue weighted by Crippen LogP contribution is -2.44. The Morgan fingerprint density at radius 2 is 1.89 bits per heavy atom. The van der Waals surface area contributed by atoms with Gasteiger partial charge in [0.2, 0.25) is 15.9 Å². The van der Waals surface area contributed by atoms with Gasteiger partial charge in [-0.05, 0) is 37.6 Å². The normalized spacial score (nSPS) is 13.0. The van der Waals surface area contributed by atoms with Crippen LogP contribution in [0.4, 0.5) is 4.39 Å². The Bertz CT molecular complexity index is 528. The second kappa shape index (κ2) is 6.63. The van der Waals surface area contributed by atoms with E-state index in [1.165, 1.54) is 6.92 Å². The lowest BCUT2D eigenvalue weighted by atomic mass is 10.3. The van der Waals surface area contributed by atoms with Crippen LogP contribution in [0.25, 0.3) is 0 Å². The van der Waals surface area contributed by atoms with Crippen molar-refractivity contribution in [2.45, 2.75) is 31.2 Å². The highest BCUT2D eigenvalue weighted by Gasteiger charge is 2.21. The molecule has 5 nitrogen and oxygen atoms in total. The summed E-state index contributed by atoms with van der Waals surface area (Å²) in [6.07, 6.45) is 0.767. The van der Waals surface area contributed by atoms with Crippen LogP contribution in [-0.2, 0) is 14.8 Å². The third-order valence-corrected chi connectivity index (χ3v) is 3.96. The highest BCUT2D eigenvalue weighted by Crippen LogP contribution is 2.10. The molecular weight excluding hydrogens is 271 g/mol. The molecule has 1 amide bonds. The molecule has 1 atom stereocenters. The van der Waals surface area contributed by atoms with Gasteiger partial charge in [0.05, 0.1) is 10.9 Å². The summed E-state index contributed by atoms with van der Waals surface area (Å²) in [6, 6.07) is 3.51. The van der Waals surface area contributed by atoms with Crippen LogP contribution < -0.4 is 10.0 Å². The van der Waals surface area contributed by atoms with Crippen LogP contribution in [-0.4, -0.2) is 26.9 Å². The summed E-state index contributed by atoms with van der Waals surface area (Å²) in [5.41, 5.74) is 0. The van der Waals surface area contributed by atoms with Crippen LogP contribution >= 0.6 is 0 Å². The van der Waals surface area contributed by atoms with Crippen LogP contribution in [0.1, 0.15) is 20.3 Å². The van der Waals surface area contributed by atoms with Crippen LogP contribution in [0.3, 0.4) is 0 Å². The van der Waals surface area contributed by atoms with Crippen molar-refractivity contribution in [3.63, 3.8) is 0 Å². The van der Waals surface area contributed by atoms with Crippen molar-refractivity contribution in [1.82, 2.24) is 10.0 Å². The summed E-state index contributed by atoms with van der Waals surface area (Å²) < 4.78 is 38.8. The number of hydrogen-bond acceptors (Lipinski definition) is 3. The highest BCUT2D eigenvalue weighted by molar-refractivity contribution is 7.89. The third kappa shape index (κ3) is 4.60. The van der Waals surface area contributed by atoms with Crippen molar-refractivity contribution >= 4 is 15.9 Å². The fourth-order valence-corrected chi connectivity index (χ4v) is 2.57. The fourth-order valence-electron chi connectivity index (χ4n) is 1.37. The molecule has 0 heterocycles. The number of amides is 1. The standard InChI is InChI=1S/C12H17FN2O3S/c1-3-8-14-12(16)9(2)15-19(17,18)11-6-4-10(13)5-7-11/h4-7,9,15H,3,8H2,1-2H3,(H,14,16)/t9-/m1/s1. The Labute approximate surface area is 112 Å². The summed E-state index contributed by atoms with van der Waals surface area (Å²) in [5.74, 6) is -0.916. The second-order valence-electron chi connectivity index (χ2n) is 4.09. The number of carbonyl (C=O) groups is 1. The number of halogens is 1. The van der Waals surface area contributed by atoms with Gasteiger partial charge in [-0.3, -0.25) is 4.79 Å². The molecule has 7 heteroatoms. The molecule has 0 saturated carbocycles. The zero-order valence-corrected chi connectivity index (χ0v) is 11.6. The number of carbonyl (C=O) groups excluding carboxylic acids is 1. The van der Waals surface area contributed by atoms with E-state index in [2.05, 4.69) is 10.0 Å². The number of rotatable bonds is 6. The van der Waals surface area contributed by atoms with Crippen molar-refractivity contribution in [2.24, 2.45) is 0 Å². The van der Waals surface area contributed by atoms with Crippen molar-refractivity contribution in [3.05, 3.63) is 30.1 Å². The Hall–Kier alpha value is -1.47. The van der Waals surface area contributed by atoms with E-state index < -0.39 is 27.8 Å². The Morgan fingerprint density at radius 1 is 1.32 bits per heavy atom. The molecule has 0 unspecified atom stereocenters. The first-order valence-electron chi connectivity index (χ1n) is 5.92. The van der Waals surface area contributed by atoms with Crippen LogP contribution in [0, 0.1) is 5.82 Å². The fraction of sp³-hybridized carbons (Fsp3) is 0.417. The van der Waals surface area contributed by atoms with Crippen molar-refractivity contribution in [2.75, 3.05) is 6.54 Å². The molecule has 0 aliphatic rings. The quantitative estimate of drug-likeness (QED) is 0.820. The molecule has 0 aliphatic carbocycles. The van der Waals surface area contributed by atoms with Crippen molar-refractivity contribution in [1.29, 1.82) is 0 Å². The minimum Gasteiger partial charge on any atom is -0.355 e. The molecule has 0 spiro atoms. The highest BCUT2D eigenvalue weighted by atomic mass is 32.2. The van der Waals surface area contributed by atoms with Gasteiger partial charge in [0, 0.05) is 6.54 Å². The van der Waals surface area contributed by atoms with Gasteiger partial charge >= 0.3 is 0 Å². The van der Waals surface area contributed by atoms with Crippen LogP contribution in [0.15, 0.2) is 29.2 Å². The molecular formula is C12H17FN2O3S. The first-order valence-corrected chi connectivity index (χ1v) is 7.40. The minimum atomic E-state index is -3.82. The lowest BCUT2D eigenvalue weighted by molar-refractivity contribution is -0.122. The molecule has 1 aromatic rings. The smallest absolute Gasteiger partial charge is 0.241 e. The summed E-state index contributed by atoms with van der Waals surface area (Å²) in [6.45, 7) is 3.83. The molecule has 19 heavy (non-hydrogen) atoms. The Morgan fingerprint density at radius 3 is 2.42 bits per heavy atom. The summed E-state index contributed by atoms with van der Waals surface area (Å²) >= 11 is 0. The van der Waals surface area contributed by atoms with Crippen molar-refractivity contribution < 1.29 is 17.6 Å². The van der Waals surface area contributed by atoms with E-state index >= 15 is 0 Å². The topological polar surface area (TPSA) is 75.3 Å². The predicted octanol–water partition coefficient (Wildman–Crippen LogP) is 1.02. The summed E-state index contributed by atoms with van der Waals surface area (Å²) in [4.78, 5) is 11.5. The predicted molar refractivity (Wildman–Crippen MR) is 69.5 cm³/mol. The average Bonchev–Trinajstić information content (AvgIpc) is 2.35. The molecule has 0 radical (unpaired) electrons. The summed E-state index contributed by atoms with van der Waals surface area (Å²) in [7, 11) is -3.82. The lowest BCUT2D eigenvalue weighted by Gasteiger charge is -2.14. The van der Waals surface area contributed by atoms with Crippen molar-refractivity contribution in [3.8, 4) is 0 Å². The monoisotopic (exact) mass is 288 g/mol. The van der Waals surface area contributed by atoms with Gasteiger partial charge in [-0.1, -0.05) is 6.92 Å². The number of nitrogens with one attached hydrogen (secondary N) is 2. The van der Waals surface area contributed by atoms with Gasteiger partial charge in [-0.15, -0.1) is 0 Å². The molecule has 0 aliphatic heterocycles. The maximum absolute atomic E-state index is 12.7. The molecule has 0 bridgehead atoms. The number of benzene rings is 1. The largest absolute Gasteiger partial charge is 0.355 e. The van der Waals surface area contributed by atoms with E-state index in [-0.39, 0.29) is 4.90 Å². The summed E-state index contributed by atoms with van der Waals surface area (Å²) in [5, 5.41) is 2.59. The molecule has 0 fully saturated rings. The van der Waals surface area contributed by atoms with E-state index in [1.807, 2.05) is 6.92 Å². The molecule has 1 aromatic carbocycles. The molecule has 0 aromatic heterocycles. The maximum Gasteiger partial charge on any atom is 0.241 e. The van der Waals surface area contributed by atoms with Gasteiger partial charge < -0.3 is 5.32 Å². The van der Waals surface area contributed by atoms with Gasteiger partial charge in [0.15, 0.2) is 0 Å². The second-order valence-corrected chi connectivity index (χ2v) is 5.80. The molecule has 1 rings (SSSR count).